The maximum Gasteiger partial charge on any atom is 0.255 e. The van der Waals surface area contributed by atoms with Crippen LogP contribution in [0.25, 0.3) is 17.9 Å². The van der Waals surface area contributed by atoms with E-state index >= 15 is 0 Å². The highest BCUT2D eigenvalue weighted by Crippen LogP contribution is 2.52. The van der Waals surface area contributed by atoms with Gasteiger partial charge in [-0.05, 0) is 53.6 Å². The molecule has 36 heavy (non-hydrogen) atoms. The van der Waals surface area contributed by atoms with Crippen molar-refractivity contribution in [2.75, 3.05) is 5.73 Å². The van der Waals surface area contributed by atoms with E-state index < -0.39 is 52.0 Å². The molecular weight excluding hydrogens is 464 g/mol. The second-order valence-corrected chi connectivity index (χ2v) is 9.43. The summed E-state index contributed by atoms with van der Waals surface area (Å²) in [6.45, 7) is 0. The number of aliphatic hydroxyl groups is 3. The van der Waals surface area contributed by atoms with Crippen LogP contribution >= 0.6 is 0 Å². The van der Waals surface area contributed by atoms with Crippen LogP contribution in [0.3, 0.4) is 0 Å². The number of amides is 1. The summed E-state index contributed by atoms with van der Waals surface area (Å²) < 4.78 is 0. The molecule has 3 atom stereocenters. The lowest BCUT2D eigenvalue weighted by Gasteiger charge is -2.46. The van der Waals surface area contributed by atoms with Gasteiger partial charge in [0, 0.05) is 23.6 Å². The molecular formula is C27H24N2O7. The van der Waals surface area contributed by atoms with Crippen molar-refractivity contribution in [1.82, 2.24) is 0 Å². The van der Waals surface area contributed by atoms with E-state index in [1.807, 2.05) is 24.3 Å². The number of carbonyl (C=O) groups is 3. The summed E-state index contributed by atoms with van der Waals surface area (Å²) in [5, 5.41) is 43.6. The number of fused-ring (bicyclic) bond motifs is 3. The van der Waals surface area contributed by atoms with Crippen molar-refractivity contribution in [3.63, 3.8) is 0 Å². The normalized spacial score (nSPS) is 25.6. The number of nitrogen functional groups attached to an aromatic ring is 1. The molecule has 1 amide bonds. The van der Waals surface area contributed by atoms with Gasteiger partial charge in [-0.2, -0.15) is 0 Å². The number of hydrogen-bond acceptors (Lipinski definition) is 8. The van der Waals surface area contributed by atoms with Gasteiger partial charge in [-0.25, -0.2) is 0 Å². The van der Waals surface area contributed by atoms with Gasteiger partial charge in [0.1, 0.15) is 22.8 Å². The molecule has 9 nitrogen and oxygen atoms in total. The van der Waals surface area contributed by atoms with E-state index in [0.717, 1.165) is 5.56 Å². The van der Waals surface area contributed by atoms with Gasteiger partial charge in [-0.1, -0.05) is 30.4 Å². The minimum Gasteiger partial charge on any atom is -0.508 e. The van der Waals surface area contributed by atoms with Gasteiger partial charge in [0.25, 0.3) is 5.91 Å². The fourth-order valence-electron chi connectivity index (χ4n) is 5.59. The van der Waals surface area contributed by atoms with Crippen LogP contribution < -0.4 is 11.5 Å². The Bertz CT molecular complexity index is 1430. The molecule has 3 unspecified atom stereocenters. The zero-order valence-electron chi connectivity index (χ0n) is 19.1. The molecule has 1 fully saturated rings. The number of anilines is 1. The van der Waals surface area contributed by atoms with E-state index in [4.69, 9.17) is 11.5 Å². The Balaban J connectivity index is 1.62. The van der Waals surface area contributed by atoms with Crippen molar-refractivity contribution < 1.29 is 34.8 Å². The minimum atomic E-state index is -2.57. The van der Waals surface area contributed by atoms with Crippen LogP contribution in [-0.4, -0.2) is 43.5 Å². The standard InChI is InChI=1S/C27H24N2O7/c28-16-6-2-12(3-7-16)1-4-13-5-8-18(30)21-17(13)10-14-9-15-11-19(31)22(26(29)35)25(34)27(15,36)24(33)20(14)23(21)32/h1-8,14-15,30,32,34,36H,9-11,28H2,(H2,29,35)/b4-1+. The van der Waals surface area contributed by atoms with Crippen LogP contribution in [0.1, 0.15) is 35.1 Å². The molecule has 9 heteroatoms. The van der Waals surface area contributed by atoms with E-state index in [1.165, 1.54) is 6.07 Å². The lowest BCUT2D eigenvalue weighted by molar-refractivity contribution is -0.147. The molecule has 1 saturated carbocycles. The highest BCUT2D eigenvalue weighted by atomic mass is 16.3. The van der Waals surface area contributed by atoms with Crippen molar-refractivity contribution in [2.24, 2.45) is 17.6 Å². The molecule has 0 spiro atoms. The number of nitrogens with two attached hydrogens (primary N) is 2. The van der Waals surface area contributed by atoms with Crippen LogP contribution in [0.2, 0.25) is 0 Å². The van der Waals surface area contributed by atoms with Crippen LogP contribution in [-0.2, 0) is 20.8 Å². The number of phenolic OH excluding ortho intramolecular Hbond substituents is 1. The monoisotopic (exact) mass is 488 g/mol. The summed E-state index contributed by atoms with van der Waals surface area (Å²) in [6.07, 6.45) is 3.64. The lowest BCUT2D eigenvalue weighted by atomic mass is 9.59. The van der Waals surface area contributed by atoms with Crippen molar-refractivity contribution in [3.8, 4) is 5.75 Å². The Labute approximate surface area is 205 Å². The Hall–Kier alpha value is -4.37. The maximum atomic E-state index is 13.5. The van der Waals surface area contributed by atoms with Crippen LogP contribution in [0.15, 0.2) is 53.3 Å². The third-order valence-electron chi connectivity index (χ3n) is 7.38. The number of Topliss-reactive ketones (excluding diaryl/α,β-unsaturated/α-hetero) is 2. The minimum absolute atomic E-state index is 0.0570. The fourth-order valence-corrected chi connectivity index (χ4v) is 5.59. The van der Waals surface area contributed by atoms with Gasteiger partial charge < -0.3 is 31.9 Å². The molecule has 0 saturated heterocycles. The van der Waals surface area contributed by atoms with Crippen LogP contribution in [0.4, 0.5) is 5.69 Å². The summed E-state index contributed by atoms with van der Waals surface area (Å²) in [7, 11) is 0. The van der Waals surface area contributed by atoms with Crippen LogP contribution in [0.5, 0.6) is 5.75 Å². The average molecular weight is 488 g/mol. The van der Waals surface area contributed by atoms with Crippen LogP contribution in [0, 0.1) is 11.8 Å². The van der Waals surface area contributed by atoms with Crippen molar-refractivity contribution in [1.29, 1.82) is 0 Å². The van der Waals surface area contributed by atoms with E-state index in [0.29, 0.717) is 16.8 Å². The van der Waals surface area contributed by atoms with Crippen molar-refractivity contribution in [3.05, 3.63) is 75.6 Å². The first-order chi connectivity index (χ1) is 17.0. The largest absolute Gasteiger partial charge is 0.508 e. The fraction of sp³-hybridized carbons (Fsp3) is 0.222. The molecule has 2 aromatic rings. The first-order valence-corrected chi connectivity index (χ1v) is 11.4. The Morgan fingerprint density at radius 3 is 2.36 bits per heavy atom. The zero-order valence-corrected chi connectivity index (χ0v) is 19.1. The summed E-state index contributed by atoms with van der Waals surface area (Å²) in [4.78, 5) is 37.7. The van der Waals surface area contributed by atoms with E-state index in [1.54, 1.807) is 18.2 Å². The summed E-state index contributed by atoms with van der Waals surface area (Å²) in [5.41, 5.74) is 10.3. The highest BCUT2D eigenvalue weighted by Gasteiger charge is 2.60. The summed E-state index contributed by atoms with van der Waals surface area (Å²) in [6, 6.07) is 10.3. The molecule has 2 aromatic carbocycles. The number of ketones is 2. The second kappa shape index (κ2) is 8.10. The van der Waals surface area contributed by atoms with E-state index in [9.17, 15) is 34.8 Å². The molecule has 5 rings (SSSR count). The van der Waals surface area contributed by atoms with Gasteiger partial charge in [-0.3, -0.25) is 14.4 Å². The SMILES string of the molecule is NC(=O)C1=C(O)C2(O)C(=O)C3=C(O)c4c(O)ccc(/C=C/c5ccc(N)cc5)c4CC3CC2CC1=O. The van der Waals surface area contributed by atoms with Gasteiger partial charge in [0.15, 0.2) is 11.4 Å². The number of carbonyl (C=O) groups excluding carboxylic acids is 3. The van der Waals surface area contributed by atoms with E-state index in [-0.39, 0.29) is 36.1 Å². The summed E-state index contributed by atoms with van der Waals surface area (Å²) in [5.74, 6) is -6.46. The molecule has 0 aromatic heterocycles. The van der Waals surface area contributed by atoms with Gasteiger partial charge in [0.2, 0.25) is 5.78 Å². The van der Waals surface area contributed by atoms with Crippen molar-refractivity contribution >= 4 is 41.1 Å². The maximum absolute atomic E-state index is 13.5. The molecule has 0 aliphatic heterocycles. The first kappa shape index (κ1) is 23.4. The topological polar surface area (TPSA) is 184 Å². The Morgan fingerprint density at radius 2 is 1.69 bits per heavy atom. The molecule has 3 aliphatic rings. The number of rotatable bonds is 3. The van der Waals surface area contributed by atoms with Gasteiger partial charge in [0.05, 0.1) is 5.56 Å². The Kier molecular flexibility index (Phi) is 5.26. The smallest absolute Gasteiger partial charge is 0.255 e. The average Bonchev–Trinajstić information content (AvgIpc) is 2.81. The third-order valence-corrected chi connectivity index (χ3v) is 7.38. The molecule has 0 bridgehead atoms. The third kappa shape index (κ3) is 3.31. The lowest BCUT2D eigenvalue weighted by Crippen LogP contribution is -2.58. The predicted octanol–water partition coefficient (Wildman–Crippen LogP) is 2.18. The summed E-state index contributed by atoms with van der Waals surface area (Å²) >= 11 is 0. The number of primary amides is 1. The quantitative estimate of drug-likeness (QED) is 0.216. The number of aromatic hydroxyl groups is 1. The molecule has 184 valence electrons. The highest BCUT2D eigenvalue weighted by molar-refractivity contribution is 6.22. The first-order valence-electron chi connectivity index (χ1n) is 11.4. The van der Waals surface area contributed by atoms with E-state index in [2.05, 4.69) is 0 Å². The number of benzene rings is 2. The number of aliphatic hydroxyl groups excluding tert-OH is 2. The van der Waals surface area contributed by atoms with Crippen molar-refractivity contribution in [2.45, 2.75) is 24.9 Å². The Morgan fingerprint density at radius 1 is 1.00 bits per heavy atom. The number of phenols is 1. The molecule has 0 radical (unpaired) electrons. The zero-order chi connectivity index (χ0) is 25.9. The molecule has 8 N–H and O–H groups in total. The molecule has 0 heterocycles. The second-order valence-electron chi connectivity index (χ2n) is 9.43. The van der Waals surface area contributed by atoms with Gasteiger partial charge >= 0.3 is 0 Å². The number of hydrogen-bond donors (Lipinski definition) is 6. The predicted molar refractivity (Wildman–Crippen MR) is 131 cm³/mol. The molecule has 3 aliphatic carbocycles. The van der Waals surface area contributed by atoms with Gasteiger partial charge in [-0.15, -0.1) is 0 Å².